The highest BCUT2D eigenvalue weighted by Gasteiger charge is 2.24. The highest BCUT2D eigenvalue weighted by molar-refractivity contribution is 5.85. The Morgan fingerprint density at radius 3 is 2.25 bits per heavy atom. The van der Waals surface area contributed by atoms with Crippen molar-refractivity contribution in [3.8, 4) is 5.75 Å². The number of methoxy groups -OCH3 is 1. The monoisotopic (exact) mass is 425 g/mol. The molecule has 7 heteroatoms. The van der Waals surface area contributed by atoms with E-state index in [0.717, 1.165) is 24.4 Å². The molecule has 0 bridgehead atoms. The number of likely N-dealkylation sites (tertiary alicyclic amines) is 1. The fourth-order valence-electron chi connectivity index (χ4n) is 3.43. The fraction of sp³-hybridized carbons (Fsp3) is 0.381. The highest BCUT2D eigenvalue weighted by atomic mass is 35.5. The second kappa shape index (κ2) is 11.8. The molecule has 1 aliphatic rings. The summed E-state index contributed by atoms with van der Waals surface area (Å²) in [6.07, 6.45) is 2.80. The number of nitrogen functional groups attached to an aromatic ring is 1. The van der Waals surface area contributed by atoms with E-state index in [0.29, 0.717) is 18.7 Å². The maximum atomic E-state index is 12.4. The van der Waals surface area contributed by atoms with Gasteiger partial charge in [-0.1, -0.05) is 24.3 Å². The number of nitrogens with zero attached hydrogens (tertiary/aromatic N) is 1. The lowest BCUT2D eigenvalue weighted by molar-refractivity contribution is -0.120. The van der Waals surface area contributed by atoms with Crippen LogP contribution in [-0.2, 0) is 11.2 Å². The highest BCUT2D eigenvalue weighted by Crippen LogP contribution is 2.26. The third kappa shape index (κ3) is 6.59. The quantitative estimate of drug-likeness (QED) is 0.664. The number of amides is 1. The van der Waals surface area contributed by atoms with Crippen LogP contribution in [0.1, 0.15) is 30.0 Å². The van der Waals surface area contributed by atoms with E-state index < -0.39 is 0 Å². The van der Waals surface area contributed by atoms with Crippen LogP contribution < -0.4 is 15.8 Å². The molecule has 0 radical (unpaired) electrons. The van der Waals surface area contributed by atoms with Gasteiger partial charge >= 0.3 is 0 Å². The first kappa shape index (κ1) is 24.1. The van der Waals surface area contributed by atoms with Crippen molar-refractivity contribution in [3.63, 3.8) is 0 Å². The maximum Gasteiger partial charge on any atom is 0.224 e. The summed E-state index contributed by atoms with van der Waals surface area (Å²) in [6, 6.07) is 15.8. The minimum atomic E-state index is 0. The Morgan fingerprint density at radius 2 is 1.68 bits per heavy atom. The van der Waals surface area contributed by atoms with Crippen LogP contribution in [0.3, 0.4) is 0 Å². The van der Waals surface area contributed by atoms with Gasteiger partial charge in [-0.2, -0.15) is 0 Å². The number of benzene rings is 2. The van der Waals surface area contributed by atoms with Crippen molar-refractivity contribution in [3.05, 3.63) is 59.7 Å². The van der Waals surface area contributed by atoms with Gasteiger partial charge in [-0.15, -0.1) is 24.8 Å². The van der Waals surface area contributed by atoms with Crippen LogP contribution in [0.4, 0.5) is 5.69 Å². The summed E-state index contributed by atoms with van der Waals surface area (Å²) in [5, 5.41) is 3.11. The number of ether oxygens (including phenoxy) is 1. The van der Waals surface area contributed by atoms with E-state index in [1.807, 2.05) is 36.4 Å². The first-order chi connectivity index (χ1) is 12.7. The molecule has 3 N–H and O–H groups in total. The van der Waals surface area contributed by atoms with E-state index in [1.165, 1.54) is 18.4 Å². The Morgan fingerprint density at radius 1 is 1.07 bits per heavy atom. The standard InChI is InChI=1S/C21H27N3O2.2ClH/c1-26-19-10-6-17(7-11-19)20(24-12-2-3-13-24)15-23-21(25)14-16-4-8-18(22)9-5-16;;/h4-11,20H,2-3,12-15,22H2,1H3,(H,23,25);2*1H. The first-order valence-electron chi connectivity index (χ1n) is 9.15. The molecule has 0 aromatic heterocycles. The molecule has 0 saturated carbocycles. The zero-order chi connectivity index (χ0) is 18.4. The number of rotatable bonds is 7. The normalized spacial score (nSPS) is 14.5. The van der Waals surface area contributed by atoms with E-state index in [4.69, 9.17) is 10.5 Å². The summed E-state index contributed by atoms with van der Waals surface area (Å²) in [4.78, 5) is 14.8. The molecule has 1 unspecified atom stereocenters. The van der Waals surface area contributed by atoms with Crippen molar-refractivity contribution in [2.24, 2.45) is 0 Å². The Bertz CT molecular complexity index is 717. The number of nitrogens with one attached hydrogen (secondary N) is 1. The molecule has 1 amide bonds. The summed E-state index contributed by atoms with van der Waals surface area (Å²) in [7, 11) is 1.67. The number of hydrogen-bond acceptors (Lipinski definition) is 4. The van der Waals surface area contributed by atoms with Gasteiger partial charge < -0.3 is 15.8 Å². The molecule has 1 fully saturated rings. The van der Waals surface area contributed by atoms with Gasteiger partial charge in [0.25, 0.3) is 0 Å². The third-order valence-corrected chi connectivity index (χ3v) is 4.92. The second-order valence-electron chi connectivity index (χ2n) is 6.75. The predicted molar refractivity (Wildman–Crippen MR) is 119 cm³/mol. The molecule has 28 heavy (non-hydrogen) atoms. The minimum absolute atomic E-state index is 0. The third-order valence-electron chi connectivity index (χ3n) is 4.92. The molecule has 154 valence electrons. The summed E-state index contributed by atoms with van der Waals surface area (Å²) in [5.74, 6) is 0.883. The van der Waals surface area contributed by atoms with Crippen molar-refractivity contribution in [2.45, 2.75) is 25.3 Å². The van der Waals surface area contributed by atoms with E-state index in [2.05, 4.69) is 22.3 Å². The minimum Gasteiger partial charge on any atom is -0.497 e. The molecule has 1 aliphatic heterocycles. The van der Waals surface area contributed by atoms with Gasteiger partial charge in [0, 0.05) is 12.2 Å². The SMILES string of the molecule is COc1ccc(C(CNC(=O)Cc2ccc(N)cc2)N2CCCC2)cc1.Cl.Cl. The summed E-state index contributed by atoms with van der Waals surface area (Å²) in [5.41, 5.74) is 8.59. The molecule has 5 nitrogen and oxygen atoms in total. The number of carbonyl (C=O) groups excluding carboxylic acids is 1. The fourth-order valence-corrected chi connectivity index (χ4v) is 3.43. The maximum absolute atomic E-state index is 12.4. The second-order valence-corrected chi connectivity index (χ2v) is 6.75. The largest absolute Gasteiger partial charge is 0.497 e. The zero-order valence-electron chi connectivity index (χ0n) is 16.1. The van der Waals surface area contributed by atoms with Crippen molar-refractivity contribution in [1.82, 2.24) is 10.2 Å². The molecule has 1 atom stereocenters. The van der Waals surface area contributed by atoms with Crippen LogP contribution in [0.15, 0.2) is 48.5 Å². The number of nitrogens with two attached hydrogens (primary N) is 1. The average molecular weight is 426 g/mol. The zero-order valence-corrected chi connectivity index (χ0v) is 17.7. The van der Waals surface area contributed by atoms with E-state index in [9.17, 15) is 4.79 Å². The molecule has 3 rings (SSSR count). The van der Waals surface area contributed by atoms with Crippen LogP contribution in [0, 0.1) is 0 Å². The van der Waals surface area contributed by atoms with Gasteiger partial charge in [0.2, 0.25) is 5.91 Å². The van der Waals surface area contributed by atoms with Crippen molar-refractivity contribution < 1.29 is 9.53 Å². The van der Waals surface area contributed by atoms with Crippen LogP contribution in [-0.4, -0.2) is 37.6 Å². The van der Waals surface area contributed by atoms with Crippen molar-refractivity contribution in [2.75, 3.05) is 32.5 Å². The molecule has 2 aromatic carbocycles. The lowest BCUT2D eigenvalue weighted by Gasteiger charge is -2.28. The van der Waals surface area contributed by atoms with Crippen LogP contribution in [0.5, 0.6) is 5.75 Å². The topological polar surface area (TPSA) is 67.6 Å². The molecular weight excluding hydrogens is 397 g/mol. The summed E-state index contributed by atoms with van der Waals surface area (Å²) >= 11 is 0. The molecule has 0 spiro atoms. The lowest BCUT2D eigenvalue weighted by Crippen LogP contribution is -2.37. The Labute approximate surface area is 179 Å². The lowest BCUT2D eigenvalue weighted by atomic mass is 10.0. The molecule has 1 heterocycles. The van der Waals surface area contributed by atoms with Gasteiger partial charge in [-0.25, -0.2) is 0 Å². The van der Waals surface area contributed by atoms with Gasteiger partial charge in [-0.3, -0.25) is 9.69 Å². The van der Waals surface area contributed by atoms with Crippen LogP contribution >= 0.6 is 24.8 Å². The van der Waals surface area contributed by atoms with Gasteiger partial charge in [0.15, 0.2) is 0 Å². The first-order valence-corrected chi connectivity index (χ1v) is 9.15. The number of anilines is 1. The van der Waals surface area contributed by atoms with Crippen LogP contribution in [0.25, 0.3) is 0 Å². The Kier molecular flexibility index (Phi) is 10.1. The van der Waals surface area contributed by atoms with Crippen molar-refractivity contribution in [1.29, 1.82) is 0 Å². The number of halogens is 2. The molecule has 0 aliphatic carbocycles. The van der Waals surface area contributed by atoms with Gasteiger partial charge in [0.1, 0.15) is 5.75 Å². The van der Waals surface area contributed by atoms with Crippen LogP contribution in [0.2, 0.25) is 0 Å². The average Bonchev–Trinajstić information content (AvgIpc) is 3.19. The van der Waals surface area contributed by atoms with E-state index in [1.54, 1.807) is 7.11 Å². The summed E-state index contributed by atoms with van der Waals surface area (Å²) < 4.78 is 5.26. The summed E-state index contributed by atoms with van der Waals surface area (Å²) in [6.45, 7) is 2.76. The number of carbonyl (C=O) groups is 1. The van der Waals surface area contributed by atoms with E-state index >= 15 is 0 Å². The molecular formula is C21H29Cl2N3O2. The predicted octanol–water partition coefficient (Wildman–Crippen LogP) is 3.62. The van der Waals surface area contributed by atoms with E-state index in [-0.39, 0.29) is 36.8 Å². The molecule has 2 aromatic rings. The molecule has 1 saturated heterocycles. The Balaban J connectivity index is 0.00000196. The smallest absolute Gasteiger partial charge is 0.224 e. The Hall–Kier alpha value is -1.95. The van der Waals surface area contributed by atoms with Gasteiger partial charge in [0.05, 0.1) is 19.6 Å². The van der Waals surface area contributed by atoms with Gasteiger partial charge in [-0.05, 0) is 61.3 Å². The number of hydrogen-bond donors (Lipinski definition) is 2. The van der Waals surface area contributed by atoms with Crippen molar-refractivity contribution >= 4 is 36.4 Å².